The van der Waals surface area contributed by atoms with E-state index in [1.165, 1.54) is 5.56 Å². The third kappa shape index (κ3) is 6.10. The number of rotatable bonds is 6. The van der Waals surface area contributed by atoms with Crippen molar-refractivity contribution >= 4 is 34.4 Å². The molecule has 0 radical (unpaired) electrons. The Morgan fingerprint density at radius 3 is 2.32 bits per heavy atom. The van der Waals surface area contributed by atoms with Gasteiger partial charge in [-0.3, -0.25) is 14.4 Å². The molecule has 3 unspecified atom stereocenters. The van der Waals surface area contributed by atoms with Gasteiger partial charge in [-0.25, -0.2) is 0 Å². The number of carbonyl (C=O) groups excluding carboxylic acids is 2. The first-order valence-electron chi connectivity index (χ1n) is 13.9. The van der Waals surface area contributed by atoms with Crippen molar-refractivity contribution in [2.24, 2.45) is 24.8 Å². The summed E-state index contributed by atoms with van der Waals surface area (Å²) in [5.41, 5.74) is 2.34. The summed E-state index contributed by atoms with van der Waals surface area (Å²) in [5.74, 6) is 1.94. The van der Waals surface area contributed by atoms with Gasteiger partial charge in [0.25, 0.3) is 0 Å². The molecule has 8 heteroatoms. The molecule has 0 bridgehead atoms. The second-order valence-corrected chi connectivity index (χ2v) is 12.4. The quantitative estimate of drug-likeness (QED) is 0.448. The molecule has 5 rings (SSSR count). The highest BCUT2D eigenvalue weighted by Gasteiger charge is 2.42. The molecule has 2 aromatic rings. The number of amides is 2. The summed E-state index contributed by atoms with van der Waals surface area (Å²) in [7, 11) is 3.46. The first-order valence-corrected chi connectivity index (χ1v) is 15.0. The van der Waals surface area contributed by atoms with Crippen LogP contribution in [-0.4, -0.2) is 59.5 Å². The van der Waals surface area contributed by atoms with Crippen molar-refractivity contribution in [3.05, 3.63) is 61.6 Å². The maximum Gasteiger partial charge on any atom is 0.250 e. The Morgan fingerprint density at radius 2 is 1.68 bits per heavy atom. The number of halogens is 1. The third-order valence-electron chi connectivity index (χ3n) is 8.55. The minimum absolute atomic E-state index is 0.00909. The predicted octanol–water partition coefficient (Wildman–Crippen LogP) is 4.21. The third-order valence-corrected chi connectivity index (χ3v) is 9.49. The predicted molar refractivity (Wildman–Crippen MR) is 155 cm³/mol. The summed E-state index contributed by atoms with van der Waals surface area (Å²) in [6, 6.07) is 9.73. The number of pyridine rings is 1. The van der Waals surface area contributed by atoms with Crippen LogP contribution in [0.3, 0.4) is 0 Å². The van der Waals surface area contributed by atoms with Gasteiger partial charge in [0.15, 0.2) is 0 Å². The summed E-state index contributed by atoms with van der Waals surface area (Å²) in [6.07, 6.45) is 8.44. The highest BCUT2D eigenvalue weighted by atomic mass is 127. The molecule has 3 aliphatic rings. The Labute approximate surface area is 238 Å². The highest BCUT2D eigenvalue weighted by molar-refractivity contribution is 14.1. The maximum atomic E-state index is 14.2. The second kappa shape index (κ2) is 11.8. The molecule has 2 amide bonds. The molecule has 3 atom stereocenters. The Kier molecular flexibility index (Phi) is 8.45. The molecule has 1 saturated heterocycles. The van der Waals surface area contributed by atoms with Crippen LogP contribution in [0.1, 0.15) is 55.6 Å². The monoisotopic (exact) mass is 631 g/mol. The number of benzene rings is 1. The molecule has 0 N–H and O–H groups in total. The number of carbonyl (C=O) groups is 2. The zero-order chi connectivity index (χ0) is 26.8. The number of hydrogen-bond acceptors (Lipinski definition) is 4. The first-order chi connectivity index (χ1) is 18.3. The lowest BCUT2D eigenvalue weighted by Crippen LogP contribution is -2.46. The molecule has 204 valence electrons. The maximum absolute atomic E-state index is 14.2. The number of aromatic nitrogens is 1. The van der Waals surface area contributed by atoms with Crippen molar-refractivity contribution in [3.63, 3.8) is 0 Å². The van der Waals surface area contributed by atoms with Gasteiger partial charge in [-0.15, -0.1) is 0 Å². The largest absolute Gasteiger partial charge is 0.497 e. The van der Waals surface area contributed by atoms with E-state index in [0.717, 1.165) is 72.9 Å². The fourth-order valence-electron chi connectivity index (χ4n) is 6.30. The van der Waals surface area contributed by atoms with Crippen LogP contribution in [0.25, 0.3) is 0 Å². The minimum Gasteiger partial charge on any atom is -0.497 e. The van der Waals surface area contributed by atoms with E-state index >= 15 is 0 Å². The van der Waals surface area contributed by atoms with Gasteiger partial charge in [0, 0.05) is 60.9 Å². The van der Waals surface area contributed by atoms with Crippen LogP contribution in [0, 0.1) is 21.3 Å². The van der Waals surface area contributed by atoms with E-state index in [-0.39, 0.29) is 35.1 Å². The van der Waals surface area contributed by atoms with Gasteiger partial charge >= 0.3 is 0 Å². The van der Waals surface area contributed by atoms with Crippen LogP contribution >= 0.6 is 22.6 Å². The van der Waals surface area contributed by atoms with Gasteiger partial charge in [0.1, 0.15) is 5.75 Å². The standard InChI is InChI=1S/C30H38IN3O4/c1-32-19-20(5-10-28(32)35)15-21-16-25(24-9-8-23(38-2)18-27(24)31)26(17-21)30(37)34-12-4-3-11-33(13-14-34)29(36)22-6-7-22/h5,8-10,18-19,21-22,25-26H,3-4,6-7,11-17H2,1-2H3. The number of hydrogen-bond donors (Lipinski definition) is 0. The lowest BCUT2D eigenvalue weighted by molar-refractivity contribution is -0.139. The molecule has 2 heterocycles. The molecular formula is C30H38IN3O4. The van der Waals surface area contributed by atoms with Crippen molar-refractivity contribution in [2.45, 2.75) is 50.9 Å². The van der Waals surface area contributed by atoms with Crippen molar-refractivity contribution < 1.29 is 14.3 Å². The zero-order valence-electron chi connectivity index (χ0n) is 22.4. The van der Waals surface area contributed by atoms with Crippen LogP contribution in [0.2, 0.25) is 0 Å². The minimum atomic E-state index is -0.0959. The lowest BCUT2D eigenvalue weighted by atomic mass is 9.87. The van der Waals surface area contributed by atoms with Gasteiger partial charge in [0.05, 0.1) is 7.11 Å². The molecule has 0 spiro atoms. The summed E-state index contributed by atoms with van der Waals surface area (Å²) in [5, 5.41) is 0. The Hall–Kier alpha value is -2.36. The Bertz CT molecular complexity index is 1240. The van der Waals surface area contributed by atoms with Gasteiger partial charge in [-0.05, 0) is 103 Å². The van der Waals surface area contributed by atoms with Crippen LogP contribution < -0.4 is 10.3 Å². The van der Waals surface area contributed by atoms with Gasteiger partial charge in [-0.1, -0.05) is 12.1 Å². The smallest absolute Gasteiger partial charge is 0.250 e. The van der Waals surface area contributed by atoms with Gasteiger partial charge in [0.2, 0.25) is 17.4 Å². The molecule has 2 aliphatic carbocycles. The summed E-state index contributed by atoms with van der Waals surface area (Å²) in [4.78, 5) is 42.8. The van der Waals surface area contributed by atoms with Crippen molar-refractivity contribution in [3.8, 4) is 5.75 Å². The molecule has 38 heavy (non-hydrogen) atoms. The molecular weight excluding hydrogens is 593 g/mol. The number of methoxy groups -OCH3 is 1. The number of nitrogens with zero attached hydrogens (tertiary/aromatic N) is 3. The van der Waals surface area contributed by atoms with E-state index in [0.29, 0.717) is 19.0 Å². The average molecular weight is 632 g/mol. The first kappa shape index (κ1) is 27.2. The normalized spacial score (nSPS) is 24.1. The van der Waals surface area contributed by atoms with Gasteiger partial charge in [-0.2, -0.15) is 0 Å². The average Bonchev–Trinajstić information content (AvgIpc) is 3.66. The molecule has 7 nitrogen and oxygen atoms in total. The molecule has 2 saturated carbocycles. The fourth-order valence-corrected chi connectivity index (χ4v) is 7.19. The lowest BCUT2D eigenvalue weighted by Gasteiger charge is -2.34. The van der Waals surface area contributed by atoms with Gasteiger partial charge < -0.3 is 19.1 Å². The van der Waals surface area contributed by atoms with Crippen molar-refractivity contribution in [1.29, 1.82) is 0 Å². The summed E-state index contributed by atoms with van der Waals surface area (Å²) >= 11 is 2.37. The van der Waals surface area contributed by atoms with E-state index in [1.54, 1.807) is 24.8 Å². The SMILES string of the molecule is COc1ccc(C2CC(Cc3ccc(=O)n(C)c3)CC2C(=O)N2CCCCN(C(=O)C3CC3)CC2)c(I)c1. The van der Waals surface area contributed by atoms with Crippen LogP contribution in [0.15, 0.2) is 41.3 Å². The number of ether oxygens (including phenoxy) is 1. The van der Waals surface area contributed by atoms with E-state index in [1.807, 2.05) is 28.1 Å². The second-order valence-electron chi connectivity index (χ2n) is 11.3. The van der Waals surface area contributed by atoms with E-state index in [2.05, 4.69) is 34.7 Å². The Balaban J connectivity index is 1.36. The molecule has 1 aromatic heterocycles. The molecule has 3 fully saturated rings. The molecule has 1 aliphatic heterocycles. The molecule has 1 aromatic carbocycles. The van der Waals surface area contributed by atoms with Crippen molar-refractivity contribution in [1.82, 2.24) is 14.4 Å². The van der Waals surface area contributed by atoms with Crippen LogP contribution in [0.5, 0.6) is 5.75 Å². The van der Waals surface area contributed by atoms with Crippen LogP contribution in [0.4, 0.5) is 0 Å². The fraction of sp³-hybridized carbons (Fsp3) is 0.567. The Morgan fingerprint density at radius 1 is 0.974 bits per heavy atom. The summed E-state index contributed by atoms with van der Waals surface area (Å²) in [6.45, 7) is 2.83. The summed E-state index contributed by atoms with van der Waals surface area (Å²) < 4.78 is 8.20. The topological polar surface area (TPSA) is 71.8 Å². The highest BCUT2D eigenvalue weighted by Crippen LogP contribution is 2.47. The zero-order valence-corrected chi connectivity index (χ0v) is 24.6. The van der Waals surface area contributed by atoms with E-state index < -0.39 is 0 Å². The van der Waals surface area contributed by atoms with Crippen LogP contribution in [-0.2, 0) is 23.1 Å². The van der Waals surface area contributed by atoms with E-state index in [4.69, 9.17) is 4.74 Å². The van der Waals surface area contributed by atoms with E-state index in [9.17, 15) is 14.4 Å². The number of aryl methyl sites for hydroxylation is 1. The van der Waals surface area contributed by atoms with Crippen molar-refractivity contribution in [2.75, 3.05) is 33.3 Å².